The Balaban J connectivity index is 1.93. The zero-order valence-corrected chi connectivity index (χ0v) is 8.88. The lowest BCUT2D eigenvalue weighted by Crippen LogP contribution is -2.60. The molecule has 0 aliphatic carbocycles. The normalized spacial score (nSPS) is 30.1. The molecule has 0 aromatic carbocycles. The molecule has 1 N–H and O–H groups in total. The Kier molecular flexibility index (Phi) is 2.49. The third-order valence-electron chi connectivity index (χ3n) is 3.31. The Hall–Kier alpha value is -0.610. The van der Waals surface area contributed by atoms with E-state index in [0.29, 0.717) is 0 Å². The van der Waals surface area contributed by atoms with Gasteiger partial charge in [-0.05, 0) is 13.3 Å². The van der Waals surface area contributed by atoms with Crippen molar-refractivity contribution in [2.75, 3.05) is 33.3 Å². The van der Waals surface area contributed by atoms with Crippen LogP contribution in [-0.2, 0) is 9.53 Å². The average molecular weight is 198 g/mol. The molecule has 2 aliphatic rings. The first-order valence-corrected chi connectivity index (χ1v) is 5.18. The van der Waals surface area contributed by atoms with Crippen molar-refractivity contribution in [2.24, 2.45) is 5.41 Å². The maximum atomic E-state index is 12.0. The summed E-state index contributed by atoms with van der Waals surface area (Å²) in [7, 11) is 1.71. The number of hydrogen-bond donors (Lipinski definition) is 1. The van der Waals surface area contributed by atoms with E-state index in [2.05, 4.69) is 5.32 Å². The quantitative estimate of drug-likeness (QED) is 0.670. The molecule has 0 radical (unpaired) electrons. The maximum absolute atomic E-state index is 12.0. The zero-order valence-electron chi connectivity index (χ0n) is 8.88. The number of rotatable bonds is 2. The number of ether oxygens (including phenoxy) is 1. The Morgan fingerprint density at radius 2 is 2.29 bits per heavy atom. The summed E-state index contributed by atoms with van der Waals surface area (Å²) in [4.78, 5) is 14.0. The van der Waals surface area contributed by atoms with Gasteiger partial charge in [0.1, 0.15) is 0 Å². The molecule has 0 bridgehead atoms. The Morgan fingerprint density at radius 3 is 2.71 bits per heavy atom. The zero-order chi connectivity index (χ0) is 10.2. The summed E-state index contributed by atoms with van der Waals surface area (Å²) >= 11 is 0. The number of hydrogen-bond acceptors (Lipinski definition) is 3. The molecule has 4 nitrogen and oxygen atoms in total. The fourth-order valence-corrected chi connectivity index (χ4v) is 2.14. The van der Waals surface area contributed by atoms with Crippen molar-refractivity contribution in [3.8, 4) is 0 Å². The third-order valence-corrected chi connectivity index (χ3v) is 3.31. The molecule has 0 aromatic heterocycles. The molecule has 2 aliphatic heterocycles. The average Bonchev–Trinajstić information content (AvgIpc) is 2.61. The summed E-state index contributed by atoms with van der Waals surface area (Å²) in [5.74, 6) is 0.288. The van der Waals surface area contributed by atoms with E-state index in [4.69, 9.17) is 4.74 Å². The minimum absolute atomic E-state index is 0.150. The number of nitrogens with one attached hydrogen (secondary N) is 1. The van der Waals surface area contributed by atoms with Crippen molar-refractivity contribution in [3.05, 3.63) is 0 Å². The molecular formula is C10H18N2O2. The summed E-state index contributed by atoms with van der Waals surface area (Å²) in [5.41, 5.74) is -0.150. The van der Waals surface area contributed by atoms with Crippen LogP contribution in [0.3, 0.4) is 0 Å². The van der Waals surface area contributed by atoms with E-state index >= 15 is 0 Å². The van der Waals surface area contributed by atoms with Crippen molar-refractivity contribution in [2.45, 2.75) is 19.4 Å². The van der Waals surface area contributed by atoms with Gasteiger partial charge in [-0.3, -0.25) is 4.79 Å². The van der Waals surface area contributed by atoms with Gasteiger partial charge in [0, 0.05) is 33.3 Å². The lowest BCUT2D eigenvalue weighted by molar-refractivity contribution is -0.143. The van der Waals surface area contributed by atoms with Crippen molar-refractivity contribution in [1.82, 2.24) is 10.2 Å². The van der Waals surface area contributed by atoms with Gasteiger partial charge in [-0.1, -0.05) is 0 Å². The number of likely N-dealkylation sites (tertiary alicyclic amines) is 1. The van der Waals surface area contributed by atoms with Crippen LogP contribution in [0.4, 0.5) is 0 Å². The van der Waals surface area contributed by atoms with Crippen molar-refractivity contribution in [3.63, 3.8) is 0 Å². The SMILES string of the molecule is COC1CCN(C(=O)C2(C)CNC2)C1. The lowest BCUT2D eigenvalue weighted by Gasteiger charge is -2.40. The fourth-order valence-electron chi connectivity index (χ4n) is 2.14. The van der Waals surface area contributed by atoms with E-state index in [0.717, 1.165) is 32.6 Å². The van der Waals surface area contributed by atoms with Crippen LogP contribution in [-0.4, -0.2) is 50.2 Å². The van der Waals surface area contributed by atoms with Gasteiger partial charge < -0.3 is 15.0 Å². The highest BCUT2D eigenvalue weighted by Crippen LogP contribution is 2.26. The molecule has 2 rings (SSSR count). The van der Waals surface area contributed by atoms with Crippen LogP contribution in [0.15, 0.2) is 0 Å². The van der Waals surface area contributed by atoms with Gasteiger partial charge in [0.15, 0.2) is 0 Å². The largest absolute Gasteiger partial charge is 0.380 e. The van der Waals surface area contributed by atoms with Gasteiger partial charge in [-0.25, -0.2) is 0 Å². The van der Waals surface area contributed by atoms with Gasteiger partial charge >= 0.3 is 0 Å². The van der Waals surface area contributed by atoms with E-state index in [1.807, 2.05) is 11.8 Å². The fraction of sp³-hybridized carbons (Fsp3) is 0.900. The Bertz CT molecular complexity index is 238. The molecule has 2 fully saturated rings. The van der Waals surface area contributed by atoms with Crippen LogP contribution in [0.2, 0.25) is 0 Å². The maximum Gasteiger partial charge on any atom is 0.231 e. The molecular weight excluding hydrogens is 180 g/mol. The third kappa shape index (κ3) is 1.53. The van der Waals surface area contributed by atoms with E-state index in [-0.39, 0.29) is 17.4 Å². The first-order valence-electron chi connectivity index (χ1n) is 5.18. The molecule has 1 unspecified atom stereocenters. The summed E-state index contributed by atoms with van der Waals surface area (Å²) < 4.78 is 5.25. The number of carbonyl (C=O) groups is 1. The van der Waals surface area contributed by atoms with Crippen LogP contribution >= 0.6 is 0 Å². The first kappa shape index (κ1) is 9.93. The second kappa shape index (κ2) is 3.51. The molecule has 0 spiro atoms. The second-order valence-corrected chi connectivity index (χ2v) is 4.56. The predicted molar refractivity (Wildman–Crippen MR) is 53.0 cm³/mol. The van der Waals surface area contributed by atoms with Gasteiger partial charge in [0.2, 0.25) is 5.91 Å². The van der Waals surface area contributed by atoms with Crippen molar-refractivity contribution in [1.29, 1.82) is 0 Å². The van der Waals surface area contributed by atoms with Gasteiger partial charge in [0.25, 0.3) is 0 Å². The molecule has 80 valence electrons. The van der Waals surface area contributed by atoms with Crippen LogP contribution in [0.1, 0.15) is 13.3 Å². The second-order valence-electron chi connectivity index (χ2n) is 4.56. The molecule has 4 heteroatoms. The molecule has 1 amide bonds. The minimum atomic E-state index is -0.150. The van der Waals surface area contributed by atoms with E-state index in [1.165, 1.54) is 0 Å². The number of carbonyl (C=O) groups excluding carboxylic acids is 1. The highest BCUT2D eigenvalue weighted by Gasteiger charge is 2.43. The minimum Gasteiger partial charge on any atom is -0.380 e. The number of methoxy groups -OCH3 is 1. The molecule has 2 heterocycles. The smallest absolute Gasteiger partial charge is 0.231 e. The summed E-state index contributed by atoms with van der Waals surface area (Å²) in [6.07, 6.45) is 1.22. The predicted octanol–water partition coefficient (Wildman–Crippen LogP) is -0.157. The standard InChI is InChI=1S/C10H18N2O2/c1-10(6-11-7-10)9(13)12-4-3-8(5-12)14-2/h8,11H,3-7H2,1-2H3. The molecule has 0 aromatic rings. The van der Waals surface area contributed by atoms with Gasteiger partial charge in [-0.15, -0.1) is 0 Å². The topological polar surface area (TPSA) is 41.6 Å². The summed E-state index contributed by atoms with van der Waals surface area (Å²) in [5, 5.41) is 3.15. The summed E-state index contributed by atoms with van der Waals surface area (Å²) in [6.45, 7) is 5.30. The van der Waals surface area contributed by atoms with Crippen LogP contribution in [0, 0.1) is 5.41 Å². The molecule has 2 saturated heterocycles. The van der Waals surface area contributed by atoms with Crippen LogP contribution < -0.4 is 5.32 Å². The first-order chi connectivity index (χ1) is 6.65. The van der Waals surface area contributed by atoms with Crippen molar-refractivity contribution >= 4 is 5.91 Å². The summed E-state index contributed by atoms with van der Waals surface area (Å²) in [6, 6.07) is 0. The highest BCUT2D eigenvalue weighted by molar-refractivity contribution is 5.84. The number of nitrogens with zero attached hydrogens (tertiary/aromatic N) is 1. The van der Waals surface area contributed by atoms with Crippen LogP contribution in [0.25, 0.3) is 0 Å². The lowest BCUT2D eigenvalue weighted by atomic mass is 9.83. The van der Waals surface area contributed by atoms with Crippen molar-refractivity contribution < 1.29 is 9.53 Å². The number of amides is 1. The van der Waals surface area contributed by atoms with E-state index < -0.39 is 0 Å². The van der Waals surface area contributed by atoms with E-state index in [1.54, 1.807) is 7.11 Å². The molecule has 0 saturated carbocycles. The molecule has 14 heavy (non-hydrogen) atoms. The van der Waals surface area contributed by atoms with Crippen LogP contribution in [0.5, 0.6) is 0 Å². The molecule has 1 atom stereocenters. The van der Waals surface area contributed by atoms with E-state index in [9.17, 15) is 4.79 Å². The Labute approximate surface area is 84.6 Å². The monoisotopic (exact) mass is 198 g/mol. The van der Waals surface area contributed by atoms with Gasteiger partial charge in [0.05, 0.1) is 11.5 Å². The van der Waals surface area contributed by atoms with Gasteiger partial charge in [-0.2, -0.15) is 0 Å². The highest BCUT2D eigenvalue weighted by atomic mass is 16.5. The Morgan fingerprint density at radius 1 is 1.57 bits per heavy atom.